The lowest BCUT2D eigenvalue weighted by Gasteiger charge is -2.21. The Kier molecular flexibility index (Phi) is 3.22. The number of nitrogens with one attached hydrogen (secondary N) is 1. The highest BCUT2D eigenvalue weighted by atomic mass is 16.7. The lowest BCUT2D eigenvalue weighted by atomic mass is 9.92. The Morgan fingerprint density at radius 1 is 1.10 bits per heavy atom. The molecule has 0 spiro atoms. The molecule has 112 valence electrons. The van der Waals surface area contributed by atoms with E-state index in [2.05, 4.69) is 5.32 Å². The number of amides is 1. The van der Waals surface area contributed by atoms with Crippen molar-refractivity contribution in [1.82, 2.24) is 10.2 Å². The van der Waals surface area contributed by atoms with Crippen LogP contribution in [0.4, 0.5) is 0 Å². The van der Waals surface area contributed by atoms with Crippen LogP contribution in [0.2, 0.25) is 0 Å². The summed E-state index contributed by atoms with van der Waals surface area (Å²) in [6.45, 7) is 4.17. The van der Waals surface area contributed by atoms with Crippen molar-refractivity contribution >= 4 is 5.91 Å². The van der Waals surface area contributed by atoms with E-state index in [0.29, 0.717) is 11.3 Å². The van der Waals surface area contributed by atoms with Gasteiger partial charge in [-0.2, -0.15) is 0 Å². The van der Waals surface area contributed by atoms with E-state index in [1.807, 2.05) is 17.0 Å². The topological polar surface area (TPSA) is 50.8 Å². The smallest absolute Gasteiger partial charge is 0.253 e. The lowest BCUT2D eigenvalue weighted by Crippen LogP contribution is -2.32. The maximum absolute atomic E-state index is 12.7. The van der Waals surface area contributed by atoms with Crippen LogP contribution < -0.4 is 14.8 Å². The molecule has 1 amide bonds. The van der Waals surface area contributed by atoms with Crippen LogP contribution in [-0.2, 0) is 0 Å². The van der Waals surface area contributed by atoms with Gasteiger partial charge in [0, 0.05) is 18.7 Å². The molecule has 3 aliphatic heterocycles. The summed E-state index contributed by atoms with van der Waals surface area (Å²) in [6.07, 6.45) is 2.21. The second-order valence-corrected chi connectivity index (χ2v) is 6.12. The van der Waals surface area contributed by atoms with Crippen molar-refractivity contribution in [2.75, 3.05) is 33.0 Å². The number of fused-ring (bicyclic) bond motifs is 2. The number of hydrogen-bond acceptors (Lipinski definition) is 4. The molecule has 5 heteroatoms. The predicted molar refractivity (Wildman–Crippen MR) is 77.6 cm³/mol. The van der Waals surface area contributed by atoms with Crippen molar-refractivity contribution in [3.8, 4) is 11.5 Å². The third-order valence-electron chi connectivity index (χ3n) is 4.93. The van der Waals surface area contributed by atoms with Gasteiger partial charge >= 0.3 is 0 Å². The zero-order chi connectivity index (χ0) is 14.2. The SMILES string of the molecule is O=C(c1ccc2c(c1)OCO2)N1CC[C@@H]2CNC[C@@H]2CC1. The van der Waals surface area contributed by atoms with Gasteiger partial charge in [-0.15, -0.1) is 0 Å². The van der Waals surface area contributed by atoms with Crippen LogP contribution in [0.15, 0.2) is 18.2 Å². The number of rotatable bonds is 1. The van der Waals surface area contributed by atoms with Gasteiger partial charge in [-0.3, -0.25) is 4.79 Å². The van der Waals surface area contributed by atoms with E-state index in [-0.39, 0.29) is 12.7 Å². The monoisotopic (exact) mass is 288 g/mol. The number of carbonyl (C=O) groups is 1. The minimum Gasteiger partial charge on any atom is -0.454 e. The van der Waals surface area contributed by atoms with Gasteiger partial charge in [0.05, 0.1) is 0 Å². The van der Waals surface area contributed by atoms with Gasteiger partial charge in [-0.25, -0.2) is 0 Å². The van der Waals surface area contributed by atoms with Crippen LogP contribution in [0.25, 0.3) is 0 Å². The number of hydrogen-bond donors (Lipinski definition) is 1. The molecule has 0 radical (unpaired) electrons. The van der Waals surface area contributed by atoms with E-state index >= 15 is 0 Å². The Morgan fingerprint density at radius 2 is 1.81 bits per heavy atom. The molecule has 2 saturated heterocycles. The molecule has 21 heavy (non-hydrogen) atoms. The van der Waals surface area contributed by atoms with Crippen LogP contribution in [-0.4, -0.2) is 43.8 Å². The van der Waals surface area contributed by atoms with Crippen LogP contribution >= 0.6 is 0 Å². The normalized spacial score (nSPS) is 27.3. The summed E-state index contributed by atoms with van der Waals surface area (Å²) in [5, 5.41) is 3.46. The van der Waals surface area contributed by atoms with Crippen LogP contribution in [0, 0.1) is 11.8 Å². The minimum atomic E-state index is 0.112. The summed E-state index contributed by atoms with van der Waals surface area (Å²) in [7, 11) is 0. The highest BCUT2D eigenvalue weighted by Gasteiger charge is 2.31. The Bertz CT molecular complexity index is 546. The van der Waals surface area contributed by atoms with E-state index in [0.717, 1.165) is 56.6 Å². The first-order valence-electron chi connectivity index (χ1n) is 7.71. The number of ether oxygens (including phenoxy) is 2. The molecular formula is C16H20N2O3. The molecule has 2 fully saturated rings. The molecule has 0 bridgehead atoms. The average molecular weight is 288 g/mol. The molecule has 0 unspecified atom stereocenters. The second kappa shape index (κ2) is 5.22. The van der Waals surface area contributed by atoms with E-state index in [1.54, 1.807) is 6.07 Å². The molecule has 1 aromatic carbocycles. The van der Waals surface area contributed by atoms with Crippen molar-refractivity contribution in [2.24, 2.45) is 11.8 Å². The summed E-state index contributed by atoms with van der Waals surface area (Å²) in [6, 6.07) is 5.47. The summed E-state index contributed by atoms with van der Waals surface area (Å²) in [5.74, 6) is 2.99. The first kappa shape index (κ1) is 13.0. The van der Waals surface area contributed by atoms with E-state index in [4.69, 9.17) is 9.47 Å². The van der Waals surface area contributed by atoms with Crippen LogP contribution in [0.3, 0.4) is 0 Å². The molecule has 0 aliphatic carbocycles. The third-order valence-corrected chi connectivity index (χ3v) is 4.93. The van der Waals surface area contributed by atoms with Crippen LogP contribution in [0.5, 0.6) is 11.5 Å². The van der Waals surface area contributed by atoms with Crippen molar-refractivity contribution in [2.45, 2.75) is 12.8 Å². The Balaban J connectivity index is 1.49. The molecule has 5 nitrogen and oxygen atoms in total. The van der Waals surface area contributed by atoms with Gasteiger partial charge in [0.25, 0.3) is 5.91 Å². The van der Waals surface area contributed by atoms with Crippen molar-refractivity contribution in [3.05, 3.63) is 23.8 Å². The zero-order valence-electron chi connectivity index (χ0n) is 12.0. The van der Waals surface area contributed by atoms with Gasteiger partial charge in [0.2, 0.25) is 6.79 Å². The number of likely N-dealkylation sites (tertiary alicyclic amines) is 1. The fourth-order valence-electron chi connectivity index (χ4n) is 3.63. The fourth-order valence-corrected chi connectivity index (χ4v) is 3.63. The quantitative estimate of drug-likeness (QED) is 0.850. The highest BCUT2D eigenvalue weighted by molar-refractivity contribution is 5.95. The van der Waals surface area contributed by atoms with Gasteiger partial charge in [0.1, 0.15) is 0 Å². The third kappa shape index (κ3) is 2.35. The summed E-state index contributed by atoms with van der Waals surface area (Å²) in [4.78, 5) is 14.7. The zero-order valence-corrected chi connectivity index (χ0v) is 12.0. The minimum absolute atomic E-state index is 0.112. The second-order valence-electron chi connectivity index (χ2n) is 6.12. The molecule has 0 aromatic heterocycles. The van der Waals surface area contributed by atoms with Gasteiger partial charge in [0.15, 0.2) is 11.5 Å². The molecule has 2 atom stereocenters. The van der Waals surface area contributed by atoms with E-state index in [9.17, 15) is 4.79 Å². The summed E-state index contributed by atoms with van der Waals surface area (Å²) < 4.78 is 10.7. The molecule has 0 saturated carbocycles. The molecular weight excluding hydrogens is 268 g/mol. The number of carbonyl (C=O) groups excluding carboxylic acids is 1. The maximum atomic E-state index is 12.7. The molecule has 4 rings (SSSR count). The Hall–Kier alpha value is -1.75. The molecule has 1 aromatic rings. The number of benzene rings is 1. The van der Waals surface area contributed by atoms with Crippen molar-refractivity contribution < 1.29 is 14.3 Å². The standard InChI is InChI=1S/C16H20N2O3/c19-16(11-1-2-14-15(7-11)21-10-20-14)18-5-3-12-8-17-9-13(12)4-6-18/h1-2,7,12-13,17H,3-6,8-10H2/t12-,13+. The largest absolute Gasteiger partial charge is 0.454 e. The maximum Gasteiger partial charge on any atom is 0.253 e. The molecule has 3 aliphatic rings. The number of nitrogens with zero attached hydrogens (tertiary/aromatic N) is 1. The van der Waals surface area contributed by atoms with Crippen molar-refractivity contribution in [3.63, 3.8) is 0 Å². The van der Waals surface area contributed by atoms with Gasteiger partial charge in [-0.05, 0) is 56.0 Å². The lowest BCUT2D eigenvalue weighted by molar-refractivity contribution is 0.0758. The average Bonchev–Trinajstić information content (AvgIpc) is 3.11. The Morgan fingerprint density at radius 3 is 2.57 bits per heavy atom. The first-order chi connectivity index (χ1) is 10.3. The van der Waals surface area contributed by atoms with Gasteiger partial charge < -0.3 is 19.7 Å². The molecule has 1 N–H and O–H groups in total. The van der Waals surface area contributed by atoms with Crippen LogP contribution in [0.1, 0.15) is 23.2 Å². The summed E-state index contributed by atoms with van der Waals surface area (Å²) in [5.41, 5.74) is 0.699. The predicted octanol–water partition coefficient (Wildman–Crippen LogP) is 1.49. The van der Waals surface area contributed by atoms with Crippen molar-refractivity contribution in [1.29, 1.82) is 0 Å². The first-order valence-corrected chi connectivity index (χ1v) is 7.71. The van der Waals surface area contributed by atoms with E-state index in [1.165, 1.54) is 0 Å². The van der Waals surface area contributed by atoms with E-state index < -0.39 is 0 Å². The van der Waals surface area contributed by atoms with Gasteiger partial charge in [-0.1, -0.05) is 0 Å². The summed E-state index contributed by atoms with van der Waals surface area (Å²) >= 11 is 0. The highest BCUT2D eigenvalue weighted by Crippen LogP contribution is 2.33. The fraction of sp³-hybridized carbons (Fsp3) is 0.562. The molecule has 3 heterocycles. The Labute approximate surface area is 124 Å².